The number of ether oxygens (including phenoxy) is 1. The van der Waals surface area contributed by atoms with Crippen molar-refractivity contribution in [2.75, 3.05) is 6.61 Å². The van der Waals surface area contributed by atoms with Gasteiger partial charge in [-0.05, 0) is 64.2 Å². The van der Waals surface area contributed by atoms with Crippen LogP contribution in [0.5, 0.6) is 17.5 Å². The Kier molecular flexibility index (Phi) is 7.17. The third-order valence-electron chi connectivity index (χ3n) is 6.81. The third kappa shape index (κ3) is 5.33. The molecule has 0 aliphatic carbocycles. The van der Waals surface area contributed by atoms with Gasteiger partial charge in [-0.15, -0.1) is 0 Å². The van der Waals surface area contributed by atoms with Crippen LogP contribution in [0.25, 0.3) is 44.3 Å². The van der Waals surface area contributed by atoms with E-state index in [4.69, 9.17) is 4.74 Å². The van der Waals surface area contributed by atoms with Gasteiger partial charge >= 0.3 is 6.01 Å². The number of hydrogen-bond donors (Lipinski definition) is 2. The Balaban J connectivity index is 1.58. The molecule has 0 spiro atoms. The number of fused-ring (bicyclic) bond motifs is 2. The lowest BCUT2D eigenvalue weighted by molar-refractivity contribution is 0.217. The van der Waals surface area contributed by atoms with Crippen molar-refractivity contribution >= 4 is 21.5 Å². The molecule has 6 heteroatoms. The zero-order chi connectivity index (χ0) is 25.8. The Hall–Kier alpha value is -4.19. The summed E-state index contributed by atoms with van der Waals surface area (Å²) < 4.78 is 6.08. The fourth-order valence-corrected chi connectivity index (χ4v) is 4.59. The average Bonchev–Trinajstić information content (AvgIpc) is 2.91. The summed E-state index contributed by atoms with van der Waals surface area (Å²) in [4.78, 5) is 13.8. The van der Waals surface area contributed by atoms with E-state index in [1.54, 1.807) is 6.07 Å². The molecule has 5 aromatic rings. The van der Waals surface area contributed by atoms with Crippen LogP contribution in [-0.4, -0.2) is 31.8 Å². The number of aromatic hydroxyl groups is 2. The van der Waals surface area contributed by atoms with Gasteiger partial charge in [-0.3, -0.25) is 0 Å². The quantitative estimate of drug-likeness (QED) is 0.206. The van der Waals surface area contributed by atoms with E-state index < -0.39 is 0 Å². The lowest BCUT2D eigenvalue weighted by Gasteiger charge is -2.15. The number of phenols is 2. The lowest BCUT2D eigenvalue weighted by atomic mass is 10.0. The van der Waals surface area contributed by atoms with Crippen LogP contribution in [0.3, 0.4) is 0 Å². The molecule has 0 aliphatic rings. The first-order chi connectivity index (χ1) is 18.1. The van der Waals surface area contributed by atoms with E-state index >= 15 is 0 Å². The van der Waals surface area contributed by atoms with E-state index in [-0.39, 0.29) is 28.9 Å². The van der Waals surface area contributed by atoms with Crippen molar-refractivity contribution in [3.05, 3.63) is 72.8 Å². The largest absolute Gasteiger partial charge is 0.507 e. The number of phenolic OH excluding ortho intramolecular Hbond substituents is 2. The highest BCUT2D eigenvalue weighted by Gasteiger charge is 2.18. The highest BCUT2D eigenvalue weighted by molar-refractivity contribution is 5.99. The monoisotopic (exact) mass is 493 g/mol. The maximum atomic E-state index is 10.5. The Morgan fingerprint density at radius 3 is 2.11 bits per heavy atom. The molecule has 0 bridgehead atoms. The summed E-state index contributed by atoms with van der Waals surface area (Å²) in [5.41, 5.74) is 0.949. The molecule has 0 radical (unpaired) electrons. The molecule has 0 fully saturated rings. The van der Waals surface area contributed by atoms with E-state index in [1.807, 2.05) is 24.3 Å². The Morgan fingerprint density at radius 2 is 1.41 bits per heavy atom. The fraction of sp³-hybridized carbons (Fsp3) is 0.258. The number of aromatic nitrogens is 3. The minimum atomic E-state index is -0.109. The van der Waals surface area contributed by atoms with Gasteiger partial charge in [0.25, 0.3) is 0 Å². The summed E-state index contributed by atoms with van der Waals surface area (Å²) >= 11 is 0. The molecule has 0 saturated carbocycles. The second-order valence-corrected chi connectivity index (χ2v) is 9.43. The standard InChI is InChI=1S/C31H31N3O3/c1-3-5-9-20(4-2)19-37-31-33-29(32-30(34-31)28-26(35)12-8-13-27(28)36)24-15-14-23-16-21-10-6-7-11-22(21)17-25(23)18-24/h6-8,10-18,20,35-36H,3-5,9,19H2,1-2H3. The maximum absolute atomic E-state index is 10.5. The van der Waals surface area contributed by atoms with Crippen LogP contribution in [0.1, 0.15) is 39.5 Å². The second-order valence-electron chi connectivity index (χ2n) is 9.43. The first-order valence-corrected chi connectivity index (χ1v) is 12.9. The van der Waals surface area contributed by atoms with E-state index in [2.05, 4.69) is 59.1 Å². The van der Waals surface area contributed by atoms with Gasteiger partial charge in [0, 0.05) is 5.56 Å². The zero-order valence-electron chi connectivity index (χ0n) is 21.2. The molecule has 1 unspecified atom stereocenters. The van der Waals surface area contributed by atoms with E-state index in [0.29, 0.717) is 18.3 Å². The van der Waals surface area contributed by atoms with E-state index in [0.717, 1.165) is 47.4 Å². The van der Waals surface area contributed by atoms with Crippen LogP contribution in [0.2, 0.25) is 0 Å². The Labute approximate surface area is 216 Å². The molecule has 0 saturated heterocycles. The summed E-state index contributed by atoms with van der Waals surface area (Å²) in [6.07, 6.45) is 4.37. The molecule has 6 nitrogen and oxygen atoms in total. The number of unbranched alkanes of at least 4 members (excludes halogenated alkanes) is 1. The first-order valence-electron chi connectivity index (χ1n) is 12.9. The van der Waals surface area contributed by atoms with Gasteiger partial charge in [-0.2, -0.15) is 9.97 Å². The van der Waals surface area contributed by atoms with Gasteiger partial charge in [-0.25, -0.2) is 4.98 Å². The summed E-state index contributed by atoms with van der Waals surface area (Å²) in [6, 6.07) is 23.4. The van der Waals surface area contributed by atoms with Crippen molar-refractivity contribution in [3.8, 4) is 40.3 Å². The van der Waals surface area contributed by atoms with E-state index in [9.17, 15) is 10.2 Å². The highest BCUT2D eigenvalue weighted by Crippen LogP contribution is 2.36. The summed E-state index contributed by atoms with van der Waals surface area (Å²) in [5, 5.41) is 25.5. The first kappa shape index (κ1) is 24.5. The number of hydrogen-bond acceptors (Lipinski definition) is 6. The van der Waals surface area contributed by atoms with Gasteiger partial charge in [0.2, 0.25) is 0 Å². The molecular weight excluding hydrogens is 462 g/mol. The summed E-state index contributed by atoms with van der Waals surface area (Å²) in [5.74, 6) is 0.760. The molecule has 4 aromatic carbocycles. The molecule has 0 aliphatic heterocycles. The van der Waals surface area contributed by atoms with Crippen molar-refractivity contribution < 1.29 is 14.9 Å². The summed E-state index contributed by atoms with van der Waals surface area (Å²) in [7, 11) is 0. The van der Waals surface area contributed by atoms with Gasteiger partial charge in [0.1, 0.15) is 17.1 Å². The molecule has 2 N–H and O–H groups in total. The second kappa shape index (κ2) is 10.8. The van der Waals surface area contributed by atoms with Gasteiger partial charge in [0.05, 0.1) is 6.61 Å². The SMILES string of the molecule is CCCCC(CC)COc1nc(-c2ccc3cc4ccccc4cc3c2)nc(-c2c(O)cccc2O)n1. The van der Waals surface area contributed by atoms with Crippen molar-refractivity contribution in [1.29, 1.82) is 0 Å². The van der Waals surface area contributed by atoms with Crippen LogP contribution in [0, 0.1) is 5.92 Å². The van der Waals surface area contributed by atoms with Crippen molar-refractivity contribution in [2.45, 2.75) is 39.5 Å². The minimum absolute atomic E-state index is 0.109. The third-order valence-corrected chi connectivity index (χ3v) is 6.81. The maximum Gasteiger partial charge on any atom is 0.320 e. The van der Waals surface area contributed by atoms with Gasteiger partial charge in [-0.1, -0.05) is 75.6 Å². The predicted octanol–water partition coefficient (Wildman–Crippen LogP) is 7.52. The Bertz CT molecular complexity index is 1530. The molecule has 1 atom stereocenters. The summed E-state index contributed by atoms with van der Waals surface area (Å²) in [6.45, 7) is 4.84. The van der Waals surface area contributed by atoms with Crippen LogP contribution < -0.4 is 4.74 Å². The van der Waals surface area contributed by atoms with Crippen LogP contribution >= 0.6 is 0 Å². The molecule has 188 valence electrons. The van der Waals surface area contributed by atoms with Crippen LogP contribution in [-0.2, 0) is 0 Å². The Morgan fingerprint density at radius 1 is 0.730 bits per heavy atom. The lowest BCUT2D eigenvalue weighted by Crippen LogP contribution is -2.13. The number of benzene rings is 4. The van der Waals surface area contributed by atoms with Gasteiger partial charge in [0.15, 0.2) is 11.6 Å². The van der Waals surface area contributed by atoms with Crippen molar-refractivity contribution in [1.82, 2.24) is 15.0 Å². The normalized spacial score (nSPS) is 12.2. The molecule has 37 heavy (non-hydrogen) atoms. The predicted molar refractivity (Wildman–Crippen MR) is 148 cm³/mol. The average molecular weight is 494 g/mol. The molecule has 0 amide bonds. The fourth-order valence-electron chi connectivity index (χ4n) is 4.59. The topological polar surface area (TPSA) is 88.4 Å². The minimum Gasteiger partial charge on any atom is -0.507 e. The van der Waals surface area contributed by atoms with Crippen LogP contribution in [0.4, 0.5) is 0 Å². The van der Waals surface area contributed by atoms with Crippen LogP contribution in [0.15, 0.2) is 72.8 Å². The van der Waals surface area contributed by atoms with Crippen molar-refractivity contribution in [2.24, 2.45) is 5.92 Å². The number of nitrogens with zero attached hydrogens (tertiary/aromatic N) is 3. The highest BCUT2D eigenvalue weighted by atomic mass is 16.5. The molecular formula is C31H31N3O3. The molecule has 5 rings (SSSR count). The molecule has 1 aromatic heterocycles. The zero-order valence-corrected chi connectivity index (χ0v) is 21.2. The number of rotatable bonds is 9. The van der Waals surface area contributed by atoms with Crippen molar-refractivity contribution in [3.63, 3.8) is 0 Å². The smallest absolute Gasteiger partial charge is 0.320 e. The van der Waals surface area contributed by atoms with Gasteiger partial charge < -0.3 is 14.9 Å². The van der Waals surface area contributed by atoms with E-state index in [1.165, 1.54) is 17.5 Å². The molecule has 1 heterocycles.